The highest BCUT2D eigenvalue weighted by atomic mass is 32.1. The summed E-state index contributed by atoms with van der Waals surface area (Å²) in [4.78, 5) is 28.7. The lowest BCUT2D eigenvalue weighted by Crippen LogP contribution is -2.40. The SMILES string of the molecule is Cc1nc(-c2cccnc2)sc1-c1nc(C(=O)N2CCOCC2)cs1. The van der Waals surface area contributed by atoms with Crippen LogP contribution in [0.3, 0.4) is 0 Å². The number of thiazole rings is 2. The van der Waals surface area contributed by atoms with Gasteiger partial charge >= 0.3 is 0 Å². The van der Waals surface area contributed by atoms with Crippen LogP contribution in [0, 0.1) is 6.92 Å². The molecule has 1 fully saturated rings. The Morgan fingerprint density at radius 3 is 2.84 bits per heavy atom. The summed E-state index contributed by atoms with van der Waals surface area (Å²) in [6.07, 6.45) is 3.55. The molecule has 0 aromatic carbocycles. The van der Waals surface area contributed by atoms with Gasteiger partial charge in [-0.3, -0.25) is 9.78 Å². The molecule has 25 heavy (non-hydrogen) atoms. The number of nitrogens with zero attached hydrogens (tertiary/aromatic N) is 4. The molecule has 3 aromatic rings. The van der Waals surface area contributed by atoms with Crippen LogP contribution in [0.4, 0.5) is 0 Å². The third-order valence-corrected chi connectivity index (χ3v) is 6.12. The van der Waals surface area contributed by atoms with Crippen molar-refractivity contribution in [3.05, 3.63) is 41.3 Å². The number of rotatable bonds is 3. The predicted molar refractivity (Wildman–Crippen MR) is 97.9 cm³/mol. The molecule has 0 saturated carbocycles. The Bertz CT molecular complexity index is 885. The van der Waals surface area contributed by atoms with Gasteiger partial charge in [0.2, 0.25) is 0 Å². The topological polar surface area (TPSA) is 68.2 Å². The van der Waals surface area contributed by atoms with Gasteiger partial charge < -0.3 is 9.64 Å². The van der Waals surface area contributed by atoms with E-state index in [-0.39, 0.29) is 5.91 Å². The van der Waals surface area contributed by atoms with Gasteiger partial charge in [-0.2, -0.15) is 0 Å². The van der Waals surface area contributed by atoms with E-state index in [1.807, 2.05) is 24.4 Å². The van der Waals surface area contributed by atoms with E-state index in [0.717, 1.165) is 26.1 Å². The maximum atomic E-state index is 12.6. The number of aromatic nitrogens is 3. The molecule has 4 rings (SSSR count). The van der Waals surface area contributed by atoms with Gasteiger partial charge in [0.25, 0.3) is 5.91 Å². The van der Waals surface area contributed by atoms with Crippen molar-refractivity contribution in [1.29, 1.82) is 0 Å². The minimum absolute atomic E-state index is 0.0274. The molecular formula is C17H16N4O2S2. The van der Waals surface area contributed by atoms with Gasteiger partial charge in [-0.1, -0.05) is 0 Å². The molecule has 0 unspecified atom stereocenters. The van der Waals surface area contributed by atoms with Crippen LogP contribution in [0.2, 0.25) is 0 Å². The maximum Gasteiger partial charge on any atom is 0.273 e. The standard InChI is InChI=1S/C17H16N4O2S2/c1-11-14(25-15(19-11)12-3-2-4-18-9-12)16-20-13(10-24-16)17(22)21-5-7-23-8-6-21/h2-4,9-10H,5-8H2,1H3. The van der Waals surface area contributed by atoms with Crippen molar-refractivity contribution in [3.8, 4) is 20.5 Å². The molecule has 0 atom stereocenters. The van der Waals surface area contributed by atoms with Gasteiger partial charge in [-0.15, -0.1) is 22.7 Å². The van der Waals surface area contributed by atoms with Crippen LogP contribution in [0.25, 0.3) is 20.5 Å². The summed E-state index contributed by atoms with van der Waals surface area (Å²) in [5.74, 6) is -0.0274. The highest BCUT2D eigenvalue weighted by Gasteiger charge is 2.22. The van der Waals surface area contributed by atoms with Gasteiger partial charge in [0.15, 0.2) is 0 Å². The third kappa shape index (κ3) is 3.33. The second kappa shape index (κ2) is 6.99. The molecular weight excluding hydrogens is 356 g/mol. The van der Waals surface area contributed by atoms with Crippen molar-refractivity contribution in [2.45, 2.75) is 6.92 Å². The van der Waals surface area contributed by atoms with Gasteiger partial charge in [-0.25, -0.2) is 9.97 Å². The predicted octanol–water partition coefficient (Wildman–Crippen LogP) is 3.11. The van der Waals surface area contributed by atoms with Crippen molar-refractivity contribution in [2.24, 2.45) is 0 Å². The van der Waals surface area contributed by atoms with E-state index in [9.17, 15) is 4.79 Å². The molecule has 1 amide bonds. The molecule has 0 radical (unpaired) electrons. The fourth-order valence-electron chi connectivity index (χ4n) is 2.61. The Morgan fingerprint density at radius 2 is 2.08 bits per heavy atom. The van der Waals surface area contributed by atoms with E-state index in [0.29, 0.717) is 32.0 Å². The minimum Gasteiger partial charge on any atom is -0.378 e. The summed E-state index contributed by atoms with van der Waals surface area (Å²) in [6.45, 7) is 4.39. The smallest absolute Gasteiger partial charge is 0.273 e. The summed E-state index contributed by atoms with van der Waals surface area (Å²) in [5, 5.41) is 3.58. The van der Waals surface area contributed by atoms with E-state index < -0.39 is 0 Å². The summed E-state index contributed by atoms with van der Waals surface area (Å²) in [6, 6.07) is 3.89. The van der Waals surface area contributed by atoms with Crippen molar-refractivity contribution >= 4 is 28.6 Å². The Morgan fingerprint density at radius 1 is 1.24 bits per heavy atom. The molecule has 0 bridgehead atoms. The molecule has 8 heteroatoms. The fourth-order valence-corrected chi connectivity index (χ4v) is 4.61. The number of hydrogen-bond acceptors (Lipinski definition) is 7. The van der Waals surface area contributed by atoms with Crippen molar-refractivity contribution < 1.29 is 9.53 Å². The normalized spacial score (nSPS) is 14.7. The Kier molecular flexibility index (Phi) is 4.56. The minimum atomic E-state index is -0.0274. The third-order valence-electron chi connectivity index (χ3n) is 3.92. The van der Waals surface area contributed by atoms with Crippen LogP contribution in [0.5, 0.6) is 0 Å². The zero-order valence-corrected chi connectivity index (χ0v) is 15.3. The molecule has 0 aliphatic carbocycles. The van der Waals surface area contributed by atoms with E-state index in [4.69, 9.17) is 4.74 Å². The molecule has 128 valence electrons. The number of ether oxygens (including phenoxy) is 1. The average Bonchev–Trinajstić information content (AvgIpc) is 3.29. The maximum absolute atomic E-state index is 12.6. The Hall–Kier alpha value is -2.16. The number of carbonyl (C=O) groups excluding carboxylic acids is 1. The molecule has 1 aliphatic heterocycles. The first-order chi connectivity index (χ1) is 12.2. The van der Waals surface area contributed by atoms with Gasteiger partial charge in [0, 0.05) is 36.4 Å². The van der Waals surface area contributed by atoms with Crippen LogP contribution < -0.4 is 0 Å². The lowest BCUT2D eigenvalue weighted by Gasteiger charge is -2.25. The lowest BCUT2D eigenvalue weighted by molar-refractivity contribution is 0.0299. The van der Waals surface area contributed by atoms with Crippen molar-refractivity contribution in [2.75, 3.05) is 26.3 Å². The molecule has 4 heterocycles. The zero-order chi connectivity index (χ0) is 17.2. The highest BCUT2D eigenvalue weighted by Crippen LogP contribution is 2.36. The average molecular weight is 372 g/mol. The largest absolute Gasteiger partial charge is 0.378 e. The van der Waals surface area contributed by atoms with E-state index >= 15 is 0 Å². The number of aryl methyl sites for hydroxylation is 1. The van der Waals surface area contributed by atoms with Crippen LogP contribution >= 0.6 is 22.7 Å². The number of hydrogen-bond donors (Lipinski definition) is 0. The van der Waals surface area contributed by atoms with Crippen LogP contribution in [-0.4, -0.2) is 52.1 Å². The molecule has 3 aromatic heterocycles. The molecule has 1 aliphatic rings. The molecule has 1 saturated heterocycles. The first-order valence-corrected chi connectivity index (χ1v) is 9.63. The number of morpholine rings is 1. The molecule has 6 nitrogen and oxygen atoms in total. The quantitative estimate of drug-likeness (QED) is 0.707. The summed E-state index contributed by atoms with van der Waals surface area (Å²) >= 11 is 3.06. The van der Waals surface area contributed by atoms with E-state index in [1.54, 1.807) is 28.6 Å². The molecule has 0 spiro atoms. The first-order valence-electron chi connectivity index (χ1n) is 7.93. The Labute approximate surface area is 153 Å². The van der Waals surface area contributed by atoms with Gasteiger partial charge in [0.1, 0.15) is 15.7 Å². The Balaban J connectivity index is 1.60. The second-order valence-electron chi connectivity index (χ2n) is 5.62. The number of carbonyl (C=O) groups is 1. The summed E-state index contributed by atoms with van der Waals surface area (Å²) < 4.78 is 5.30. The highest BCUT2D eigenvalue weighted by molar-refractivity contribution is 7.23. The van der Waals surface area contributed by atoms with Crippen molar-refractivity contribution in [3.63, 3.8) is 0 Å². The van der Waals surface area contributed by atoms with Crippen molar-refractivity contribution in [1.82, 2.24) is 19.9 Å². The monoisotopic (exact) mass is 372 g/mol. The number of pyridine rings is 1. The second-order valence-corrected chi connectivity index (χ2v) is 7.47. The van der Waals surface area contributed by atoms with Crippen LogP contribution in [0.15, 0.2) is 29.9 Å². The van der Waals surface area contributed by atoms with E-state index in [1.165, 1.54) is 11.3 Å². The van der Waals surface area contributed by atoms with Gasteiger partial charge in [-0.05, 0) is 19.1 Å². The zero-order valence-electron chi connectivity index (χ0n) is 13.6. The van der Waals surface area contributed by atoms with Crippen LogP contribution in [-0.2, 0) is 4.74 Å². The number of amides is 1. The fraction of sp³-hybridized carbons (Fsp3) is 0.294. The van der Waals surface area contributed by atoms with E-state index in [2.05, 4.69) is 15.0 Å². The van der Waals surface area contributed by atoms with Gasteiger partial charge in [0.05, 0.1) is 23.8 Å². The first kappa shape index (κ1) is 16.3. The summed E-state index contributed by atoms with van der Waals surface area (Å²) in [5.41, 5.74) is 2.41. The summed E-state index contributed by atoms with van der Waals surface area (Å²) in [7, 11) is 0. The van der Waals surface area contributed by atoms with Crippen LogP contribution in [0.1, 0.15) is 16.2 Å². The molecule has 0 N–H and O–H groups in total. The lowest BCUT2D eigenvalue weighted by atomic mass is 10.3.